The van der Waals surface area contributed by atoms with Crippen molar-refractivity contribution < 1.29 is 9.13 Å². The summed E-state index contributed by atoms with van der Waals surface area (Å²) in [5, 5.41) is 5.84. The van der Waals surface area contributed by atoms with Gasteiger partial charge in [-0.05, 0) is 65.2 Å². The zero-order valence-corrected chi connectivity index (χ0v) is 17.7. The quantitative estimate of drug-likeness (QED) is 0.334. The van der Waals surface area contributed by atoms with E-state index in [0.717, 1.165) is 37.8 Å². The van der Waals surface area contributed by atoms with Gasteiger partial charge in [0.15, 0.2) is 0 Å². The van der Waals surface area contributed by atoms with Gasteiger partial charge in [-0.1, -0.05) is 58.4 Å². The third kappa shape index (κ3) is 4.60. The van der Waals surface area contributed by atoms with Gasteiger partial charge in [-0.2, -0.15) is 0 Å². The highest BCUT2D eigenvalue weighted by Crippen LogP contribution is 2.30. The van der Waals surface area contributed by atoms with E-state index in [1.165, 1.54) is 17.7 Å². The van der Waals surface area contributed by atoms with Gasteiger partial charge in [-0.15, -0.1) is 0 Å². The fourth-order valence-electron chi connectivity index (χ4n) is 3.43. The van der Waals surface area contributed by atoms with Gasteiger partial charge in [0.05, 0.1) is 0 Å². The first-order chi connectivity index (χ1) is 14.1. The van der Waals surface area contributed by atoms with Crippen molar-refractivity contribution in [3.05, 3.63) is 106 Å². The van der Waals surface area contributed by atoms with Crippen molar-refractivity contribution in [1.82, 2.24) is 0 Å². The molecule has 0 heterocycles. The second-order valence-electron chi connectivity index (χ2n) is 6.99. The van der Waals surface area contributed by atoms with Crippen LogP contribution >= 0.6 is 15.9 Å². The van der Waals surface area contributed by atoms with Crippen LogP contribution in [-0.2, 0) is 13.2 Å². The number of hydrogen-bond donors (Lipinski definition) is 1. The average Bonchev–Trinajstić information content (AvgIpc) is 2.72. The summed E-state index contributed by atoms with van der Waals surface area (Å²) in [7, 11) is 0. The van der Waals surface area contributed by atoms with Crippen molar-refractivity contribution in [3.63, 3.8) is 0 Å². The van der Waals surface area contributed by atoms with Crippen LogP contribution in [0.1, 0.15) is 16.7 Å². The Balaban J connectivity index is 1.63. The smallest absolute Gasteiger partial charge is 0.125 e. The molecule has 0 aliphatic rings. The van der Waals surface area contributed by atoms with Crippen LogP contribution in [0.3, 0.4) is 0 Å². The molecule has 4 aromatic rings. The molecule has 1 N–H and O–H groups in total. The first-order valence-electron chi connectivity index (χ1n) is 9.48. The molecule has 0 aromatic heterocycles. The van der Waals surface area contributed by atoms with E-state index in [2.05, 4.69) is 58.5 Å². The Morgan fingerprint density at radius 1 is 0.931 bits per heavy atom. The number of aryl methyl sites for hydroxylation is 1. The van der Waals surface area contributed by atoms with Crippen molar-refractivity contribution in [3.8, 4) is 5.75 Å². The van der Waals surface area contributed by atoms with E-state index in [9.17, 15) is 4.39 Å². The molecule has 0 bridgehead atoms. The first kappa shape index (κ1) is 19.5. The molecular formula is C25H21BrFNO. The second-order valence-corrected chi connectivity index (χ2v) is 7.91. The predicted molar refractivity (Wildman–Crippen MR) is 121 cm³/mol. The Kier molecular flexibility index (Phi) is 5.81. The number of halogens is 2. The van der Waals surface area contributed by atoms with E-state index in [0.29, 0.717) is 13.2 Å². The first-order valence-corrected chi connectivity index (χ1v) is 10.3. The third-order valence-corrected chi connectivity index (χ3v) is 5.42. The Morgan fingerprint density at radius 3 is 2.62 bits per heavy atom. The fourth-order valence-corrected chi connectivity index (χ4v) is 3.91. The fraction of sp³-hybridized carbons (Fsp3) is 0.120. The van der Waals surface area contributed by atoms with Crippen LogP contribution in [0.5, 0.6) is 5.75 Å². The van der Waals surface area contributed by atoms with Crippen molar-refractivity contribution in [2.75, 3.05) is 5.32 Å². The summed E-state index contributed by atoms with van der Waals surface area (Å²) < 4.78 is 20.7. The largest absolute Gasteiger partial charge is 0.489 e. The van der Waals surface area contributed by atoms with E-state index >= 15 is 0 Å². The van der Waals surface area contributed by atoms with Crippen molar-refractivity contribution in [2.45, 2.75) is 20.1 Å². The third-order valence-electron chi connectivity index (χ3n) is 4.93. The highest BCUT2D eigenvalue weighted by Gasteiger charge is 2.10. The normalized spacial score (nSPS) is 10.9. The van der Waals surface area contributed by atoms with Crippen LogP contribution in [-0.4, -0.2) is 0 Å². The molecular weight excluding hydrogens is 429 g/mol. The molecule has 146 valence electrons. The molecule has 0 aliphatic heterocycles. The van der Waals surface area contributed by atoms with Gasteiger partial charge in [-0.25, -0.2) is 4.39 Å². The molecule has 29 heavy (non-hydrogen) atoms. The lowest BCUT2D eigenvalue weighted by molar-refractivity contribution is 0.303. The number of fused-ring (bicyclic) bond motifs is 1. The highest BCUT2D eigenvalue weighted by atomic mass is 79.9. The molecule has 0 fully saturated rings. The molecule has 0 spiro atoms. The molecule has 2 nitrogen and oxygen atoms in total. The lowest BCUT2D eigenvalue weighted by atomic mass is 10.0. The summed E-state index contributed by atoms with van der Waals surface area (Å²) >= 11 is 3.51. The van der Waals surface area contributed by atoms with Crippen LogP contribution < -0.4 is 10.1 Å². The maximum absolute atomic E-state index is 13.5. The van der Waals surface area contributed by atoms with Crippen LogP contribution in [0, 0.1) is 12.7 Å². The van der Waals surface area contributed by atoms with Gasteiger partial charge in [0.2, 0.25) is 0 Å². The SMILES string of the molecule is Cc1cc(Br)ccc1NCc1c(OCc2cccc(F)c2)ccc2ccccc12. The second kappa shape index (κ2) is 8.66. The van der Waals surface area contributed by atoms with E-state index in [-0.39, 0.29) is 5.82 Å². The molecule has 0 radical (unpaired) electrons. The zero-order valence-electron chi connectivity index (χ0n) is 16.1. The Morgan fingerprint density at radius 2 is 1.79 bits per heavy atom. The van der Waals surface area contributed by atoms with Gasteiger partial charge in [0.25, 0.3) is 0 Å². The molecule has 0 aliphatic carbocycles. The van der Waals surface area contributed by atoms with E-state index < -0.39 is 0 Å². The summed E-state index contributed by atoms with van der Waals surface area (Å²) in [5.74, 6) is 0.549. The molecule has 4 heteroatoms. The van der Waals surface area contributed by atoms with Gasteiger partial charge < -0.3 is 10.1 Å². The molecule has 0 saturated heterocycles. The summed E-state index contributed by atoms with van der Waals surface area (Å²) in [6, 6.07) is 25.0. The van der Waals surface area contributed by atoms with Crippen LogP contribution in [0.2, 0.25) is 0 Å². The van der Waals surface area contributed by atoms with E-state index in [4.69, 9.17) is 4.74 Å². The lowest BCUT2D eigenvalue weighted by Crippen LogP contribution is -2.05. The number of hydrogen-bond acceptors (Lipinski definition) is 2. The maximum atomic E-state index is 13.5. The summed E-state index contributed by atoms with van der Waals surface area (Å²) in [6.45, 7) is 3.03. The minimum Gasteiger partial charge on any atom is -0.489 e. The molecule has 0 saturated carbocycles. The van der Waals surface area contributed by atoms with Crippen LogP contribution in [0.25, 0.3) is 10.8 Å². The van der Waals surface area contributed by atoms with E-state index in [1.807, 2.05) is 30.3 Å². The Labute approximate surface area is 178 Å². The van der Waals surface area contributed by atoms with Gasteiger partial charge in [0.1, 0.15) is 18.2 Å². The highest BCUT2D eigenvalue weighted by molar-refractivity contribution is 9.10. The minimum atomic E-state index is -0.253. The number of benzene rings is 4. The van der Waals surface area contributed by atoms with E-state index in [1.54, 1.807) is 6.07 Å². The monoisotopic (exact) mass is 449 g/mol. The predicted octanol–water partition coefficient (Wildman–Crippen LogP) is 7.24. The number of ether oxygens (including phenoxy) is 1. The zero-order chi connectivity index (χ0) is 20.2. The number of anilines is 1. The number of rotatable bonds is 6. The summed E-state index contributed by atoms with van der Waals surface area (Å²) in [6.07, 6.45) is 0. The lowest BCUT2D eigenvalue weighted by Gasteiger charge is -2.17. The van der Waals surface area contributed by atoms with Crippen LogP contribution in [0.4, 0.5) is 10.1 Å². The molecule has 0 amide bonds. The van der Waals surface area contributed by atoms with Gasteiger partial charge in [-0.3, -0.25) is 0 Å². The molecule has 0 unspecified atom stereocenters. The van der Waals surface area contributed by atoms with Crippen molar-refractivity contribution in [2.24, 2.45) is 0 Å². The number of nitrogens with one attached hydrogen (secondary N) is 1. The molecule has 4 aromatic carbocycles. The van der Waals surface area contributed by atoms with Gasteiger partial charge >= 0.3 is 0 Å². The summed E-state index contributed by atoms with van der Waals surface area (Å²) in [5.41, 5.74) is 4.14. The van der Waals surface area contributed by atoms with Gasteiger partial charge in [0, 0.05) is 22.3 Å². The Hall–Kier alpha value is -2.85. The minimum absolute atomic E-state index is 0.253. The maximum Gasteiger partial charge on any atom is 0.125 e. The van der Waals surface area contributed by atoms with Crippen LogP contribution in [0.15, 0.2) is 83.3 Å². The summed E-state index contributed by atoms with van der Waals surface area (Å²) in [4.78, 5) is 0. The standard InChI is InChI=1S/C25H21BrFNO/c1-17-13-20(26)10-11-24(17)28-15-23-22-8-3-2-6-19(22)9-12-25(23)29-16-18-5-4-7-21(27)14-18/h2-14,28H,15-16H2,1H3. The van der Waals surface area contributed by atoms with Crippen molar-refractivity contribution >= 4 is 32.4 Å². The topological polar surface area (TPSA) is 21.3 Å². The molecule has 0 atom stereocenters. The average molecular weight is 450 g/mol. The van der Waals surface area contributed by atoms with Crippen molar-refractivity contribution in [1.29, 1.82) is 0 Å². The molecule has 4 rings (SSSR count). The Bertz CT molecular complexity index is 1160.